The second kappa shape index (κ2) is 9.09. The smallest absolute Gasteiger partial charge is 0.310 e. The highest BCUT2D eigenvalue weighted by Gasteiger charge is 2.60. The van der Waals surface area contributed by atoms with Crippen LogP contribution in [0.3, 0.4) is 0 Å². The van der Waals surface area contributed by atoms with Crippen molar-refractivity contribution in [3.8, 4) is 0 Å². The zero-order valence-electron chi connectivity index (χ0n) is 22.1. The van der Waals surface area contributed by atoms with Gasteiger partial charge in [0.25, 0.3) is 0 Å². The largest absolute Gasteiger partial charge is 0.458 e. The van der Waals surface area contributed by atoms with Gasteiger partial charge in [-0.25, -0.2) is 0 Å². The van der Waals surface area contributed by atoms with Crippen LogP contribution in [0.1, 0.15) is 96.3 Å². The van der Waals surface area contributed by atoms with E-state index < -0.39 is 0 Å². The number of aryl methyl sites for hydroxylation is 1. The van der Waals surface area contributed by atoms with Crippen LogP contribution in [0.5, 0.6) is 0 Å². The fraction of sp³-hybridized carbons (Fsp3) is 0.677. The Morgan fingerprint density at radius 1 is 0.971 bits per heavy atom. The molecule has 8 atom stereocenters. The van der Waals surface area contributed by atoms with Crippen LogP contribution in [-0.4, -0.2) is 18.0 Å². The summed E-state index contributed by atoms with van der Waals surface area (Å²) in [5.74, 6) is 1.77. The minimum atomic E-state index is -0.212. The SMILES string of the molecule is CC(=O)O[C@@H]1C=C2CC[C@H]3[C@@H]4CC[C@H](C(=O)O[C@H](C)c5ccc(C)cc5)[C@@]4(C)CC[C@@H]3[C@@]2(C)CC1. The van der Waals surface area contributed by atoms with E-state index in [0.29, 0.717) is 17.8 Å². The Bertz CT molecular complexity index is 1010. The molecule has 4 nitrogen and oxygen atoms in total. The Hall–Kier alpha value is -2.10. The molecule has 0 radical (unpaired) electrons. The van der Waals surface area contributed by atoms with Crippen LogP contribution in [0.4, 0.5) is 0 Å². The Kier molecular flexibility index (Phi) is 6.38. The average molecular weight is 479 g/mol. The summed E-state index contributed by atoms with van der Waals surface area (Å²) in [6.45, 7) is 10.4. The van der Waals surface area contributed by atoms with Crippen LogP contribution in [0, 0.1) is 41.4 Å². The third-order valence-corrected chi connectivity index (χ3v) is 10.5. The Morgan fingerprint density at radius 2 is 1.71 bits per heavy atom. The van der Waals surface area contributed by atoms with Gasteiger partial charge in [0.1, 0.15) is 12.2 Å². The molecule has 3 saturated carbocycles. The van der Waals surface area contributed by atoms with Gasteiger partial charge in [0.05, 0.1) is 5.92 Å². The topological polar surface area (TPSA) is 52.6 Å². The Labute approximate surface area is 210 Å². The van der Waals surface area contributed by atoms with Crippen molar-refractivity contribution in [3.63, 3.8) is 0 Å². The maximum absolute atomic E-state index is 13.5. The molecule has 4 heteroatoms. The molecule has 0 unspecified atom stereocenters. The zero-order valence-corrected chi connectivity index (χ0v) is 22.1. The summed E-state index contributed by atoms with van der Waals surface area (Å²) >= 11 is 0. The lowest BCUT2D eigenvalue weighted by atomic mass is 9.47. The number of benzene rings is 1. The van der Waals surface area contributed by atoms with Gasteiger partial charge < -0.3 is 9.47 Å². The maximum atomic E-state index is 13.5. The van der Waals surface area contributed by atoms with Crippen LogP contribution >= 0.6 is 0 Å². The molecular formula is C31H42O4. The van der Waals surface area contributed by atoms with Crippen LogP contribution < -0.4 is 0 Å². The molecule has 4 aliphatic carbocycles. The van der Waals surface area contributed by atoms with Crippen LogP contribution in [0.15, 0.2) is 35.9 Å². The quantitative estimate of drug-likeness (QED) is 0.342. The molecule has 4 aliphatic rings. The van der Waals surface area contributed by atoms with Gasteiger partial charge in [-0.05, 0) is 105 Å². The van der Waals surface area contributed by atoms with Crippen molar-refractivity contribution < 1.29 is 19.1 Å². The molecule has 0 saturated heterocycles. The summed E-state index contributed by atoms with van der Waals surface area (Å²) in [5.41, 5.74) is 4.04. The fourth-order valence-electron chi connectivity index (χ4n) is 8.55. The minimum Gasteiger partial charge on any atom is -0.458 e. The number of fused-ring (bicyclic) bond motifs is 5. The van der Waals surface area contributed by atoms with Crippen LogP contribution in [-0.2, 0) is 19.1 Å². The molecule has 190 valence electrons. The van der Waals surface area contributed by atoms with E-state index in [4.69, 9.17) is 9.47 Å². The molecule has 0 spiro atoms. The van der Waals surface area contributed by atoms with Gasteiger partial charge in [0.2, 0.25) is 0 Å². The first kappa shape index (κ1) is 24.6. The molecule has 5 rings (SSSR count). The van der Waals surface area contributed by atoms with Crippen molar-refractivity contribution in [3.05, 3.63) is 47.0 Å². The highest BCUT2D eigenvalue weighted by atomic mass is 16.5. The first-order valence-electron chi connectivity index (χ1n) is 13.8. The number of carbonyl (C=O) groups excluding carboxylic acids is 2. The van der Waals surface area contributed by atoms with Gasteiger partial charge in [-0.1, -0.05) is 49.2 Å². The number of hydrogen-bond acceptors (Lipinski definition) is 4. The lowest BCUT2D eigenvalue weighted by Gasteiger charge is -2.58. The van der Waals surface area contributed by atoms with E-state index in [1.165, 1.54) is 30.9 Å². The molecule has 35 heavy (non-hydrogen) atoms. The lowest BCUT2D eigenvalue weighted by Crippen LogP contribution is -2.51. The van der Waals surface area contributed by atoms with Crippen LogP contribution in [0.25, 0.3) is 0 Å². The van der Waals surface area contributed by atoms with Gasteiger partial charge >= 0.3 is 11.9 Å². The van der Waals surface area contributed by atoms with E-state index in [-0.39, 0.29) is 40.9 Å². The van der Waals surface area contributed by atoms with Gasteiger partial charge in [-0.3, -0.25) is 9.59 Å². The number of ether oxygens (including phenoxy) is 2. The average Bonchev–Trinajstić information content (AvgIpc) is 3.16. The second-order valence-corrected chi connectivity index (χ2v) is 12.4. The predicted molar refractivity (Wildman–Crippen MR) is 136 cm³/mol. The first-order chi connectivity index (χ1) is 16.6. The van der Waals surface area contributed by atoms with Crippen molar-refractivity contribution in [2.45, 2.75) is 98.2 Å². The van der Waals surface area contributed by atoms with E-state index >= 15 is 0 Å². The molecular weight excluding hydrogens is 436 g/mol. The fourth-order valence-corrected chi connectivity index (χ4v) is 8.55. The molecule has 0 heterocycles. The summed E-state index contributed by atoms with van der Waals surface area (Å²) in [6.07, 6.45) is 10.7. The molecule has 0 amide bonds. The number of carbonyl (C=O) groups is 2. The van der Waals surface area contributed by atoms with Crippen LogP contribution in [0.2, 0.25) is 0 Å². The lowest BCUT2D eigenvalue weighted by molar-refractivity contribution is -0.161. The van der Waals surface area contributed by atoms with Crippen molar-refractivity contribution in [1.82, 2.24) is 0 Å². The van der Waals surface area contributed by atoms with E-state index in [0.717, 1.165) is 44.1 Å². The minimum absolute atomic E-state index is 0.00537. The van der Waals surface area contributed by atoms with Crippen molar-refractivity contribution >= 4 is 11.9 Å². The molecule has 1 aromatic rings. The normalized spacial score (nSPS) is 38.9. The highest BCUT2D eigenvalue weighted by molar-refractivity contribution is 5.74. The summed E-state index contributed by atoms with van der Waals surface area (Å²) in [4.78, 5) is 25.0. The summed E-state index contributed by atoms with van der Waals surface area (Å²) in [7, 11) is 0. The molecule has 1 aromatic carbocycles. The first-order valence-corrected chi connectivity index (χ1v) is 13.8. The third kappa shape index (κ3) is 4.25. The van der Waals surface area contributed by atoms with Gasteiger partial charge in [-0.15, -0.1) is 0 Å². The predicted octanol–water partition coefficient (Wildman–Crippen LogP) is 7.11. The van der Waals surface area contributed by atoms with E-state index in [1.807, 2.05) is 6.92 Å². The highest BCUT2D eigenvalue weighted by Crippen LogP contribution is 2.67. The number of hydrogen-bond donors (Lipinski definition) is 0. The Morgan fingerprint density at radius 3 is 2.43 bits per heavy atom. The number of rotatable bonds is 4. The molecule has 0 bridgehead atoms. The summed E-state index contributed by atoms with van der Waals surface area (Å²) < 4.78 is 11.6. The zero-order chi connectivity index (χ0) is 25.0. The second-order valence-electron chi connectivity index (χ2n) is 12.4. The monoisotopic (exact) mass is 478 g/mol. The van der Waals surface area contributed by atoms with E-state index in [2.05, 4.69) is 51.1 Å². The van der Waals surface area contributed by atoms with E-state index in [1.54, 1.807) is 0 Å². The molecule has 0 aliphatic heterocycles. The molecule has 3 fully saturated rings. The standard InChI is InChI=1S/C31H42O4/c1-19-6-8-22(9-7-19)20(2)34-29(33)28-13-12-26-25-11-10-23-18-24(35-21(3)32)14-16-30(23,4)27(25)15-17-31(26,28)5/h6-9,18,20,24-28H,10-17H2,1-5H3/t20-,24+,25+,26+,27+,28-,30+,31+/m1/s1. The van der Waals surface area contributed by atoms with Gasteiger partial charge in [-0.2, -0.15) is 0 Å². The van der Waals surface area contributed by atoms with Crippen molar-refractivity contribution in [1.29, 1.82) is 0 Å². The van der Waals surface area contributed by atoms with Gasteiger partial charge in [0, 0.05) is 6.92 Å². The molecule has 0 N–H and O–H groups in total. The van der Waals surface area contributed by atoms with E-state index in [9.17, 15) is 9.59 Å². The third-order valence-electron chi connectivity index (χ3n) is 10.5. The Balaban J connectivity index is 1.30. The van der Waals surface area contributed by atoms with Crippen molar-refractivity contribution in [2.24, 2.45) is 34.5 Å². The number of esters is 2. The maximum Gasteiger partial charge on any atom is 0.310 e. The molecule has 0 aromatic heterocycles. The van der Waals surface area contributed by atoms with Crippen molar-refractivity contribution in [2.75, 3.05) is 0 Å². The summed E-state index contributed by atoms with van der Waals surface area (Å²) in [6, 6.07) is 8.31. The summed E-state index contributed by atoms with van der Waals surface area (Å²) in [5, 5.41) is 0. The number of allylic oxidation sites excluding steroid dienone is 1. The van der Waals surface area contributed by atoms with Gasteiger partial charge in [0.15, 0.2) is 0 Å².